The molecule has 0 saturated heterocycles. The molecule has 2 rings (SSSR count). The van der Waals surface area contributed by atoms with Crippen molar-refractivity contribution < 1.29 is 23.4 Å². The Balaban J connectivity index is 2.05. The fraction of sp³-hybridized carbons (Fsp3) is 0.125. The van der Waals surface area contributed by atoms with Crippen LogP contribution < -0.4 is 10.2 Å². The fourth-order valence-electron chi connectivity index (χ4n) is 1.80. The van der Waals surface area contributed by atoms with Crippen molar-refractivity contribution in [3.8, 4) is 11.5 Å². The maximum atomic E-state index is 12.1. The van der Waals surface area contributed by atoms with Gasteiger partial charge in [0.25, 0.3) is 5.91 Å². The van der Waals surface area contributed by atoms with Crippen LogP contribution in [-0.2, 0) is 0 Å². The average Bonchev–Trinajstić information content (AvgIpc) is 2.53. The number of hydrazone groups is 1. The van der Waals surface area contributed by atoms with E-state index >= 15 is 0 Å². The summed E-state index contributed by atoms with van der Waals surface area (Å²) in [6, 6.07) is 11.9. The molecule has 2 aromatic carbocycles. The van der Waals surface area contributed by atoms with Gasteiger partial charge in [-0.3, -0.25) is 4.79 Å². The highest BCUT2D eigenvalue weighted by atomic mass is 19.3. The zero-order valence-electron chi connectivity index (χ0n) is 12.2. The van der Waals surface area contributed by atoms with Crippen LogP contribution in [0.3, 0.4) is 0 Å². The minimum atomic E-state index is -2.88. The Morgan fingerprint density at radius 3 is 2.43 bits per heavy atom. The number of ether oxygens (including phenoxy) is 1. The molecule has 0 aliphatic heterocycles. The summed E-state index contributed by atoms with van der Waals surface area (Å²) in [7, 11) is 0. The monoisotopic (exact) mass is 320 g/mol. The summed E-state index contributed by atoms with van der Waals surface area (Å²) in [5.41, 5.74) is 3.52. The van der Waals surface area contributed by atoms with E-state index in [0.29, 0.717) is 11.3 Å². The summed E-state index contributed by atoms with van der Waals surface area (Å²) in [5.74, 6) is -0.666. The molecule has 0 spiro atoms. The molecule has 1 amide bonds. The number of nitrogens with one attached hydrogen (secondary N) is 1. The van der Waals surface area contributed by atoms with Gasteiger partial charge in [0, 0.05) is 0 Å². The van der Waals surface area contributed by atoms with E-state index in [-0.39, 0.29) is 17.1 Å². The van der Waals surface area contributed by atoms with Crippen molar-refractivity contribution in [2.75, 3.05) is 0 Å². The summed E-state index contributed by atoms with van der Waals surface area (Å²) in [6.07, 6.45) is 0. The lowest BCUT2D eigenvalue weighted by atomic mass is 10.1. The number of amides is 1. The summed E-state index contributed by atoms with van der Waals surface area (Å²) >= 11 is 0. The zero-order chi connectivity index (χ0) is 16.8. The van der Waals surface area contributed by atoms with Crippen LogP contribution in [0.2, 0.25) is 0 Å². The van der Waals surface area contributed by atoms with Gasteiger partial charge < -0.3 is 9.84 Å². The largest absolute Gasteiger partial charge is 0.507 e. The predicted octanol–water partition coefficient (Wildman–Crippen LogP) is 3.15. The second-order valence-electron chi connectivity index (χ2n) is 4.56. The zero-order valence-corrected chi connectivity index (χ0v) is 12.2. The van der Waals surface area contributed by atoms with Gasteiger partial charge in [-0.05, 0) is 48.9 Å². The highest BCUT2D eigenvalue weighted by molar-refractivity contribution is 6.01. The van der Waals surface area contributed by atoms with E-state index in [2.05, 4.69) is 15.3 Å². The van der Waals surface area contributed by atoms with Gasteiger partial charge in [-0.1, -0.05) is 12.1 Å². The van der Waals surface area contributed by atoms with Crippen LogP contribution >= 0.6 is 0 Å². The van der Waals surface area contributed by atoms with E-state index in [1.54, 1.807) is 31.2 Å². The average molecular weight is 320 g/mol. The van der Waals surface area contributed by atoms with Gasteiger partial charge in [0.15, 0.2) is 0 Å². The number of benzene rings is 2. The van der Waals surface area contributed by atoms with E-state index in [4.69, 9.17) is 0 Å². The minimum absolute atomic E-state index is 0.0368. The fourth-order valence-corrected chi connectivity index (χ4v) is 1.80. The van der Waals surface area contributed by atoms with Gasteiger partial charge in [0.05, 0.1) is 11.3 Å². The van der Waals surface area contributed by atoms with Crippen molar-refractivity contribution in [1.29, 1.82) is 0 Å². The van der Waals surface area contributed by atoms with Crippen LogP contribution in [0.4, 0.5) is 8.78 Å². The molecule has 0 fully saturated rings. The number of nitrogens with zero attached hydrogens (tertiary/aromatic N) is 1. The third kappa shape index (κ3) is 4.50. The maximum absolute atomic E-state index is 12.1. The maximum Gasteiger partial charge on any atom is 0.387 e. The normalized spacial score (nSPS) is 11.4. The number of carbonyl (C=O) groups excluding carboxylic acids is 1. The van der Waals surface area contributed by atoms with Gasteiger partial charge in [-0.15, -0.1) is 0 Å². The van der Waals surface area contributed by atoms with Gasteiger partial charge in [-0.25, -0.2) is 5.43 Å². The Labute approximate surface area is 131 Å². The lowest BCUT2D eigenvalue weighted by Crippen LogP contribution is -2.19. The summed E-state index contributed by atoms with van der Waals surface area (Å²) in [6.45, 7) is -1.23. The topological polar surface area (TPSA) is 70.9 Å². The summed E-state index contributed by atoms with van der Waals surface area (Å²) in [4.78, 5) is 11.9. The first kappa shape index (κ1) is 16.4. The molecule has 0 atom stereocenters. The third-order valence-electron chi connectivity index (χ3n) is 2.97. The van der Waals surface area contributed by atoms with Gasteiger partial charge in [-0.2, -0.15) is 13.9 Å². The number of carbonyl (C=O) groups is 1. The predicted molar refractivity (Wildman–Crippen MR) is 80.9 cm³/mol. The van der Waals surface area contributed by atoms with Crippen LogP contribution in [0.5, 0.6) is 11.5 Å². The Morgan fingerprint density at radius 1 is 1.17 bits per heavy atom. The number of halogens is 2. The number of hydrogen-bond donors (Lipinski definition) is 2. The van der Waals surface area contributed by atoms with Gasteiger partial charge >= 0.3 is 6.61 Å². The molecule has 0 heterocycles. The van der Waals surface area contributed by atoms with Crippen molar-refractivity contribution in [1.82, 2.24) is 5.43 Å². The first-order valence-electron chi connectivity index (χ1n) is 6.65. The highest BCUT2D eigenvalue weighted by Gasteiger charge is 2.09. The third-order valence-corrected chi connectivity index (χ3v) is 2.97. The molecule has 0 aliphatic rings. The molecule has 23 heavy (non-hydrogen) atoms. The molecular formula is C16H14F2N2O3. The van der Waals surface area contributed by atoms with Crippen LogP contribution in [0.15, 0.2) is 53.6 Å². The van der Waals surface area contributed by atoms with Crippen molar-refractivity contribution in [3.63, 3.8) is 0 Å². The summed E-state index contributed by atoms with van der Waals surface area (Å²) in [5, 5.41) is 13.5. The molecule has 2 aromatic rings. The molecule has 0 saturated carbocycles. The standard InChI is InChI=1S/C16H14F2N2O3/c1-10(11-6-8-12(9-7-11)23-16(17)18)19-20-15(22)13-4-2-3-5-14(13)21/h2-9,16,21H,1H3,(H,20,22)/b19-10-. The number of phenolic OH excluding ortho intramolecular Hbond substituents is 1. The number of alkyl halides is 2. The lowest BCUT2D eigenvalue weighted by Gasteiger charge is -2.06. The van der Waals surface area contributed by atoms with Crippen molar-refractivity contribution in [2.45, 2.75) is 13.5 Å². The van der Waals surface area contributed by atoms with Crippen LogP contribution in [-0.4, -0.2) is 23.3 Å². The molecule has 120 valence electrons. The van der Waals surface area contributed by atoms with Gasteiger partial charge in [0.1, 0.15) is 11.5 Å². The SMILES string of the molecule is C/C(=N/NC(=O)c1ccccc1O)c1ccc(OC(F)F)cc1. The molecule has 0 bridgehead atoms. The minimum Gasteiger partial charge on any atom is -0.507 e. The van der Waals surface area contributed by atoms with Crippen molar-refractivity contribution >= 4 is 11.6 Å². The van der Waals surface area contributed by atoms with E-state index in [1.165, 1.54) is 24.3 Å². The van der Waals surface area contributed by atoms with Crippen LogP contribution in [0.25, 0.3) is 0 Å². The molecule has 5 nitrogen and oxygen atoms in total. The van der Waals surface area contributed by atoms with Crippen molar-refractivity contribution in [3.05, 3.63) is 59.7 Å². The Kier molecular flexibility index (Phi) is 5.24. The Morgan fingerprint density at radius 2 is 1.83 bits per heavy atom. The molecular weight excluding hydrogens is 306 g/mol. The number of aromatic hydroxyl groups is 1. The van der Waals surface area contributed by atoms with E-state index < -0.39 is 12.5 Å². The second kappa shape index (κ2) is 7.35. The molecule has 7 heteroatoms. The second-order valence-corrected chi connectivity index (χ2v) is 4.56. The highest BCUT2D eigenvalue weighted by Crippen LogP contribution is 2.16. The van der Waals surface area contributed by atoms with Crippen molar-refractivity contribution in [2.24, 2.45) is 5.10 Å². The first-order chi connectivity index (χ1) is 11.0. The molecule has 0 radical (unpaired) electrons. The number of hydrogen-bond acceptors (Lipinski definition) is 4. The van der Waals surface area contributed by atoms with E-state index in [1.807, 2.05) is 0 Å². The molecule has 0 aromatic heterocycles. The lowest BCUT2D eigenvalue weighted by molar-refractivity contribution is -0.0498. The van der Waals surface area contributed by atoms with Gasteiger partial charge in [0.2, 0.25) is 0 Å². The molecule has 0 unspecified atom stereocenters. The quantitative estimate of drug-likeness (QED) is 0.657. The first-order valence-corrected chi connectivity index (χ1v) is 6.65. The van der Waals surface area contributed by atoms with Crippen LogP contribution in [0, 0.1) is 0 Å². The number of phenols is 1. The molecule has 2 N–H and O–H groups in total. The smallest absolute Gasteiger partial charge is 0.387 e. The molecule has 0 aliphatic carbocycles. The number of rotatable bonds is 5. The Hall–Kier alpha value is -2.96. The summed E-state index contributed by atoms with van der Waals surface area (Å²) < 4.78 is 28.4. The van der Waals surface area contributed by atoms with E-state index in [9.17, 15) is 18.7 Å². The Bertz CT molecular complexity index is 716. The van der Waals surface area contributed by atoms with Crippen LogP contribution in [0.1, 0.15) is 22.8 Å². The van der Waals surface area contributed by atoms with E-state index in [0.717, 1.165) is 0 Å². The number of para-hydroxylation sites is 1.